The summed E-state index contributed by atoms with van der Waals surface area (Å²) in [4.78, 5) is 31.1. The van der Waals surface area contributed by atoms with Crippen LogP contribution in [-0.2, 0) is 9.47 Å². The van der Waals surface area contributed by atoms with Crippen molar-refractivity contribution in [2.45, 2.75) is 37.3 Å². The number of carbonyl (C=O) groups is 1. The second-order valence-corrected chi connectivity index (χ2v) is 5.50. The summed E-state index contributed by atoms with van der Waals surface area (Å²) in [5.41, 5.74) is -0.342. The van der Waals surface area contributed by atoms with Crippen LogP contribution in [0.1, 0.15) is 41.4 Å². The Balaban J connectivity index is 1.71. The van der Waals surface area contributed by atoms with Gasteiger partial charge in [0.05, 0.1) is 12.6 Å². The summed E-state index contributed by atoms with van der Waals surface area (Å²) >= 11 is 0. The molecule has 7 heteroatoms. The zero-order valence-corrected chi connectivity index (χ0v) is 11.9. The number of methoxy groups -OCH3 is 1. The summed E-state index contributed by atoms with van der Waals surface area (Å²) in [7, 11) is 1.58. The highest BCUT2D eigenvalue weighted by Gasteiger charge is 2.29. The van der Waals surface area contributed by atoms with Crippen molar-refractivity contribution in [3.05, 3.63) is 27.9 Å². The molecule has 1 aromatic heterocycles. The van der Waals surface area contributed by atoms with Gasteiger partial charge in [-0.2, -0.15) is 0 Å². The smallest absolute Gasteiger partial charge is 0.263 e. The Morgan fingerprint density at radius 1 is 1.48 bits per heavy atom. The fourth-order valence-electron chi connectivity index (χ4n) is 2.49. The van der Waals surface area contributed by atoms with Crippen molar-refractivity contribution in [3.63, 3.8) is 0 Å². The number of hydrogen-bond acceptors (Lipinski definition) is 5. The molecule has 0 radical (unpaired) electrons. The highest BCUT2D eigenvalue weighted by Crippen LogP contribution is 2.37. The first-order chi connectivity index (χ1) is 10.2. The van der Waals surface area contributed by atoms with Gasteiger partial charge >= 0.3 is 0 Å². The third kappa shape index (κ3) is 3.14. The van der Waals surface area contributed by atoms with Crippen LogP contribution in [0.25, 0.3) is 0 Å². The molecule has 2 aliphatic rings. The van der Waals surface area contributed by atoms with Gasteiger partial charge in [0, 0.05) is 25.8 Å². The van der Waals surface area contributed by atoms with Crippen LogP contribution in [-0.4, -0.2) is 48.3 Å². The van der Waals surface area contributed by atoms with Crippen molar-refractivity contribution in [3.8, 4) is 0 Å². The number of nitrogens with one attached hydrogen (secondary N) is 2. The van der Waals surface area contributed by atoms with E-state index < -0.39 is 5.91 Å². The van der Waals surface area contributed by atoms with Gasteiger partial charge in [-0.3, -0.25) is 9.59 Å². The molecule has 21 heavy (non-hydrogen) atoms. The highest BCUT2D eigenvalue weighted by atomic mass is 16.5. The number of carbonyl (C=O) groups excluding carboxylic acids is 1. The lowest BCUT2D eigenvalue weighted by Gasteiger charge is -2.30. The van der Waals surface area contributed by atoms with E-state index in [0.717, 1.165) is 12.8 Å². The number of hydrogen-bond donors (Lipinski definition) is 2. The van der Waals surface area contributed by atoms with Crippen LogP contribution >= 0.6 is 0 Å². The van der Waals surface area contributed by atoms with E-state index in [-0.39, 0.29) is 23.3 Å². The van der Waals surface area contributed by atoms with E-state index in [1.54, 1.807) is 7.11 Å². The van der Waals surface area contributed by atoms with E-state index in [9.17, 15) is 9.59 Å². The Bertz CT molecular complexity index is 582. The first-order valence-electron chi connectivity index (χ1n) is 7.19. The molecule has 2 N–H and O–H groups in total. The van der Waals surface area contributed by atoms with Crippen molar-refractivity contribution in [1.82, 2.24) is 15.3 Å². The molecule has 1 aliphatic carbocycles. The van der Waals surface area contributed by atoms with Crippen LogP contribution in [0.4, 0.5) is 0 Å². The number of rotatable bonds is 4. The largest absolute Gasteiger partial charge is 0.379 e. The summed E-state index contributed by atoms with van der Waals surface area (Å²) in [5.74, 6) is 0.612. The monoisotopic (exact) mass is 293 g/mol. The summed E-state index contributed by atoms with van der Waals surface area (Å²) < 4.78 is 10.6. The van der Waals surface area contributed by atoms with E-state index in [2.05, 4.69) is 15.3 Å². The van der Waals surface area contributed by atoms with Crippen molar-refractivity contribution in [1.29, 1.82) is 0 Å². The summed E-state index contributed by atoms with van der Waals surface area (Å²) in [6.45, 7) is 1.01. The molecule has 114 valence electrons. The molecule has 2 heterocycles. The van der Waals surface area contributed by atoms with Crippen LogP contribution < -0.4 is 10.9 Å². The molecule has 1 aliphatic heterocycles. The molecular weight excluding hydrogens is 274 g/mol. The van der Waals surface area contributed by atoms with Crippen molar-refractivity contribution < 1.29 is 14.3 Å². The summed E-state index contributed by atoms with van der Waals surface area (Å²) in [6.07, 6.45) is 3.93. The number of aromatic amines is 1. The Labute approximate surface area is 122 Å². The fraction of sp³-hybridized carbons (Fsp3) is 0.643. The third-order valence-electron chi connectivity index (χ3n) is 3.95. The first-order valence-corrected chi connectivity index (χ1v) is 7.19. The van der Waals surface area contributed by atoms with Gasteiger partial charge in [0.15, 0.2) is 0 Å². The number of aromatic nitrogens is 2. The summed E-state index contributed by atoms with van der Waals surface area (Å²) in [5, 5.41) is 2.84. The first kappa shape index (κ1) is 14.2. The Morgan fingerprint density at radius 3 is 2.95 bits per heavy atom. The van der Waals surface area contributed by atoms with E-state index in [1.165, 1.54) is 6.20 Å². The molecule has 0 bridgehead atoms. The van der Waals surface area contributed by atoms with E-state index in [1.807, 2.05) is 0 Å². The lowest BCUT2D eigenvalue weighted by molar-refractivity contribution is -0.0479. The van der Waals surface area contributed by atoms with Crippen LogP contribution in [0.15, 0.2) is 11.0 Å². The van der Waals surface area contributed by atoms with E-state index in [0.29, 0.717) is 31.4 Å². The molecule has 2 atom stereocenters. The Hall–Kier alpha value is -1.73. The topological polar surface area (TPSA) is 93.3 Å². The summed E-state index contributed by atoms with van der Waals surface area (Å²) in [6, 6.07) is -0.154. The molecule has 2 fully saturated rings. The molecule has 1 amide bonds. The van der Waals surface area contributed by atoms with Gasteiger partial charge in [0.25, 0.3) is 11.5 Å². The fourth-order valence-corrected chi connectivity index (χ4v) is 2.49. The Morgan fingerprint density at radius 2 is 2.29 bits per heavy atom. The maximum absolute atomic E-state index is 12.2. The van der Waals surface area contributed by atoms with Gasteiger partial charge in [-0.05, 0) is 19.3 Å². The van der Waals surface area contributed by atoms with E-state index in [4.69, 9.17) is 9.47 Å². The molecule has 0 aromatic carbocycles. The molecule has 7 nitrogen and oxygen atoms in total. The normalized spacial score (nSPS) is 25.6. The maximum atomic E-state index is 12.2. The lowest BCUT2D eigenvalue weighted by Crippen LogP contribution is -2.50. The number of amides is 1. The minimum atomic E-state index is -0.417. The maximum Gasteiger partial charge on any atom is 0.263 e. The second kappa shape index (κ2) is 5.95. The average molecular weight is 293 g/mol. The van der Waals surface area contributed by atoms with E-state index >= 15 is 0 Å². The number of ether oxygens (including phenoxy) is 2. The van der Waals surface area contributed by atoms with Gasteiger partial charge in [-0.15, -0.1) is 0 Å². The highest BCUT2D eigenvalue weighted by molar-refractivity contribution is 5.93. The van der Waals surface area contributed by atoms with Crippen LogP contribution in [0, 0.1) is 0 Å². The van der Waals surface area contributed by atoms with Gasteiger partial charge in [0.2, 0.25) is 0 Å². The molecule has 3 rings (SSSR count). The standard InChI is InChI=1S/C14H19N3O4/c1-20-11-7-21-5-4-10(11)16-13(18)9-6-15-12(8-2-3-8)17-14(9)19/h6,8,10-11H,2-5,7H2,1H3,(H,16,18)(H,15,17,19)/t10-,11-/m1/s1. The lowest BCUT2D eigenvalue weighted by atomic mass is 10.1. The number of H-pyrrole nitrogens is 1. The minimum Gasteiger partial charge on any atom is -0.379 e. The van der Waals surface area contributed by atoms with Crippen molar-refractivity contribution in [2.75, 3.05) is 20.3 Å². The average Bonchev–Trinajstić information content (AvgIpc) is 3.32. The zero-order valence-electron chi connectivity index (χ0n) is 11.9. The molecule has 1 saturated carbocycles. The SMILES string of the molecule is CO[C@@H]1COCC[C@H]1NC(=O)c1cnc(C2CC2)[nH]c1=O. The van der Waals surface area contributed by atoms with Gasteiger partial charge < -0.3 is 19.8 Å². The molecule has 0 spiro atoms. The predicted octanol–water partition coefficient (Wildman–Crippen LogP) is 0.181. The minimum absolute atomic E-state index is 0.0424. The van der Waals surface area contributed by atoms with Crippen LogP contribution in [0.5, 0.6) is 0 Å². The van der Waals surface area contributed by atoms with Gasteiger partial charge in [-0.1, -0.05) is 0 Å². The van der Waals surface area contributed by atoms with Crippen molar-refractivity contribution >= 4 is 5.91 Å². The van der Waals surface area contributed by atoms with Gasteiger partial charge in [0.1, 0.15) is 17.5 Å². The number of nitrogens with zero attached hydrogens (tertiary/aromatic N) is 1. The van der Waals surface area contributed by atoms with Crippen LogP contribution in [0.3, 0.4) is 0 Å². The molecule has 1 saturated heterocycles. The van der Waals surface area contributed by atoms with Crippen molar-refractivity contribution in [2.24, 2.45) is 0 Å². The quantitative estimate of drug-likeness (QED) is 0.826. The molecule has 0 unspecified atom stereocenters. The van der Waals surface area contributed by atoms with Gasteiger partial charge in [-0.25, -0.2) is 4.98 Å². The molecular formula is C14H19N3O4. The molecule has 1 aromatic rings. The Kier molecular flexibility index (Phi) is 4.03. The second-order valence-electron chi connectivity index (χ2n) is 5.50. The predicted molar refractivity (Wildman–Crippen MR) is 74.3 cm³/mol. The van der Waals surface area contributed by atoms with Crippen LogP contribution in [0.2, 0.25) is 0 Å². The zero-order chi connectivity index (χ0) is 14.8. The third-order valence-corrected chi connectivity index (χ3v) is 3.95.